The maximum absolute atomic E-state index is 10.4. The third kappa shape index (κ3) is 4.33. The monoisotopic (exact) mass is 217 g/mol. The number of nitrogens with two attached hydrogens (primary N) is 1. The predicted octanol–water partition coefficient (Wildman–Crippen LogP) is 1.71. The topological polar surface area (TPSA) is 63.3 Å². The van der Waals surface area contributed by atoms with Gasteiger partial charge in [0, 0.05) is 5.75 Å². The first kappa shape index (κ1) is 11.9. The van der Waals surface area contributed by atoms with E-state index in [-0.39, 0.29) is 0 Å². The minimum absolute atomic E-state index is 0.547. The van der Waals surface area contributed by atoms with Crippen LogP contribution in [-0.4, -0.2) is 28.6 Å². The molecule has 1 aliphatic carbocycles. The Kier molecular flexibility index (Phi) is 5.33. The van der Waals surface area contributed by atoms with Gasteiger partial charge in [-0.3, -0.25) is 4.79 Å². The molecule has 1 aliphatic rings. The van der Waals surface area contributed by atoms with Crippen LogP contribution in [0.3, 0.4) is 0 Å². The lowest BCUT2D eigenvalue weighted by atomic mass is 9.91. The minimum atomic E-state index is -0.888. The Hall–Kier alpha value is -0.220. The number of carbonyl (C=O) groups is 1. The van der Waals surface area contributed by atoms with Gasteiger partial charge in [-0.15, -0.1) is 0 Å². The van der Waals surface area contributed by atoms with E-state index in [0.717, 1.165) is 11.7 Å². The van der Waals surface area contributed by atoms with Crippen LogP contribution in [0.5, 0.6) is 0 Å². The quantitative estimate of drug-likeness (QED) is 0.736. The summed E-state index contributed by atoms with van der Waals surface area (Å²) in [5, 5.41) is 8.58. The molecule has 82 valence electrons. The fourth-order valence-electron chi connectivity index (χ4n) is 1.79. The highest BCUT2D eigenvalue weighted by molar-refractivity contribution is 7.99. The van der Waals surface area contributed by atoms with Gasteiger partial charge in [-0.05, 0) is 24.5 Å². The Balaban J connectivity index is 2.05. The SMILES string of the molecule is N[C@H](CSCC1CCCCC1)C(=O)O. The zero-order valence-corrected chi connectivity index (χ0v) is 9.26. The molecule has 1 saturated carbocycles. The zero-order chi connectivity index (χ0) is 10.4. The Morgan fingerprint density at radius 2 is 2.07 bits per heavy atom. The predicted molar refractivity (Wildman–Crippen MR) is 59.5 cm³/mol. The number of thioether (sulfide) groups is 1. The average molecular weight is 217 g/mol. The lowest BCUT2D eigenvalue weighted by Gasteiger charge is -2.21. The summed E-state index contributed by atoms with van der Waals surface area (Å²) in [6.07, 6.45) is 6.69. The third-order valence-corrected chi connectivity index (χ3v) is 3.99. The maximum atomic E-state index is 10.4. The molecule has 1 atom stereocenters. The molecule has 1 rings (SSSR count). The van der Waals surface area contributed by atoms with Crippen LogP contribution in [0.25, 0.3) is 0 Å². The maximum Gasteiger partial charge on any atom is 0.321 e. The first-order valence-electron chi connectivity index (χ1n) is 5.26. The van der Waals surface area contributed by atoms with Gasteiger partial charge < -0.3 is 10.8 Å². The van der Waals surface area contributed by atoms with Gasteiger partial charge in [-0.1, -0.05) is 19.3 Å². The molecule has 0 amide bonds. The van der Waals surface area contributed by atoms with Crippen molar-refractivity contribution in [2.24, 2.45) is 11.7 Å². The largest absolute Gasteiger partial charge is 0.480 e. The second kappa shape index (κ2) is 6.30. The van der Waals surface area contributed by atoms with Crippen LogP contribution in [0.4, 0.5) is 0 Å². The van der Waals surface area contributed by atoms with E-state index in [9.17, 15) is 4.79 Å². The molecule has 0 aromatic carbocycles. The molecule has 0 radical (unpaired) electrons. The van der Waals surface area contributed by atoms with Gasteiger partial charge in [0.15, 0.2) is 0 Å². The van der Waals surface area contributed by atoms with Gasteiger partial charge in [0.1, 0.15) is 6.04 Å². The molecule has 0 heterocycles. The van der Waals surface area contributed by atoms with Gasteiger partial charge in [-0.25, -0.2) is 0 Å². The third-order valence-electron chi connectivity index (χ3n) is 2.69. The molecule has 0 bridgehead atoms. The second-order valence-electron chi connectivity index (χ2n) is 3.99. The molecule has 4 heteroatoms. The molecule has 0 aromatic rings. The number of hydrogen-bond donors (Lipinski definition) is 2. The zero-order valence-electron chi connectivity index (χ0n) is 8.45. The van der Waals surface area contributed by atoms with Crippen molar-refractivity contribution in [1.29, 1.82) is 0 Å². The Morgan fingerprint density at radius 1 is 1.43 bits per heavy atom. The van der Waals surface area contributed by atoms with Crippen molar-refractivity contribution in [2.75, 3.05) is 11.5 Å². The van der Waals surface area contributed by atoms with Gasteiger partial charge in [0.2, 0.25) is 0 Å². The molecular weight excluding hydrogens is 198 g/mol. The molecule has 0 saturated heterocycles. The molecule has 0 aliphatic heterocycles. The highest BCUT2D eigenvalue weighted by Crippen LogP contribution is 2.26. The van der Waals surface area contributed by atoms with Crippen molar-refractivity contribution in [1.82, 2.24) is 0 Å². The van der Waals surface area contributed by atoms with E-state index in [4.69, 9.17) is 10.8 Å². The average Bonchev–Trinajstić information content (AvgIpc) is 2.19. The van der Waals surface area contributed by atoms with Crippen molar-refractivity contribution in [3.8, 4) is 0 Å². The first-order valence-corrected chi connectivity index (χ1v) is 6.41. The van der Waals surface area contributed by atoms with Crippen LogP contribution in [0, 0.1) is 5.92 Å². The number of aliphatic carboxylic acids is 1. The van der Waals surface area contributed by atoms with Crippen LogP contribution >= 0.6 is 11.8 Å². The van der Waals surface area contributed by atoms with Crippen LogP contribution in [0.1, 0.15) is 32.1 Å². The standard InChI is InChI=1S/C10H19NO2S/c11-9(10(12)13)7-14-6-8-4-2-1-3-5-8/h8-9H,1-7,11H2,(H,12,13)/t9-/m1/s1. The lowest BCUT2D eigenvalue weighted by Crippen LogP contribution is -2.32. The van der Waals surface area contributed by atoms with Crippen LogP contribution in [0.15, 0.2) is 0 Å². The molecule has 0 spiro atoms. The van der Waals surface area contributed by atoms with E-state index in [1.54, 1.807) is 11.8 Å². The molecule has 1 fully saturated rings. The van der Waals surface area contributed by atoms with E-state index < -0.39 is 12.0 Å². The van der Waals surface area contributed by atoms with Crippen LogP contribution in [0.2, 0.25) is 0 Å². The minimum Gasteiger partial charge on any atom is -0.480 e. The summed E-state index contributed by atoms with van der Waals surface area (Å²) in [6.45, 7) is 0. The lowest BCUT2D eigenvalue weighted by molar-refractivity contribution is -0.137. The van der Waals surface area contributed by atoms with E-state index in [2.05, 4.69) is 0 Å². The highest BCUT2D eigenvalue weighted by Gasteiger charge is 2.15. The molecule has 0 unspecified atom stereocenters. The smallest absolute Gasteiger partial charge is 0.321 e. The van der Waals surface area contributed by atoms with Crippen molar-refractivity contribution in [3.63, 3.8) is 0 Å². The number of carboxylic acid groups (broad SMARTS) is 1. The van der Waals surface area contributed by atoms with Crippen molar-refractivity contribution >= 4 is 17.7 Å². The summed E-state index contributed by atoms with van der Waals surface area (Å²) in [6, 6.07) is -0.691. The summed E-state index contributed by atoms with van der Waals surface area (Å²) in [5.74, 6) is 1.54. The van der Waals surface area contributed by atoms with E-state index in [0.29, 0.717) is 5.75 Å². The van der Waals surface area contributed by atoms with Crippen molar-refractivity contribution < 1.29 is 9.90 Å². The number of rotatable bonds is 5. The fraction of sp³-hybridized carbons (Fsp3) is 0.900. The molecule has 0 aromatic heterocycles. The van der Waals surface area contributed by atoms with Gasteiger partial charge in [-0.2, -0.15) is 11.8 Å². The molecule has 3 N–H and O–H groups in total. The summed E-state index contributed by atoms with van der Waals surface area (Å²) < 4.78 is 0. The van der Waals surface area contributed by atoms with E-state index in [1.165, 1.54) is 32.1 Å². The highest BCUT2D eigenvalue weighted by atomic mass is 32.2. The van der Waals surface area contributed by atoms with Crippen molar-refractivity contribution in [3.05, 3.63) is 0 Å². The fourth-order valence-corrected chi connectivity index (χ4v) is 2.99. The van der Waals surface area contributed by atoms with E-state index in [1.807, 2.05) is 0 Å². The Bertz CT molecular complexity index is 181. The van der Waals surface area contributed by atoms with E-state index >= 15 is 0 Å². The summed E-state index contributed by atoms with van der Waals surface area (Å²) in [7, 11) is 0. The summed E-state index contributed by atoms with van der Waals surface area (Å²) in [4.78, 5) is 10.4. The normalized spacial score (nSPS) is 20.6. The van der Waals surface area contributed by atoms with Gasteiger partial charge in [0.05, 0.1) is 0 Å². The Morgan fingerprint density at radius 3 is 2.64 bits per heavy atom. The summed E-state index contributed by atoms with van der Waals surface area (Å²) in [5.41, 5.74) is 5.41. The van der Waals surface area contributed by atoms with Crippen molar-refractivity contribution in [2.45, 2.75) is 38.1 Å². The molecule has 3 nitrogen and oxygen atoms in total. The number of hydrogen-bond acceptors (Lipinski definition) is 3. The summed E-state index contributed by atoms with van der Waals surface area (Å²) >= 11 is 1.69. The van der Waals surface area contributed by atoms with Crippen LogP contribution in [-0.2, 0) is 4.79 Å². The van der Waals surface area contributed by atoms with Gasteiger partial charge in [0.25, 0.3) is 0 Å². The molecule has 14 heavy (non-hydrogen) atoms. The number of carboxylic acids is 1. The first-order chi connectivity index (χ1) is 6.70. The van der Waals surface area contributed by atoms with Gasteiger partial charge >= 0.3 is 5.97 Å². The second-order valence-corrected chi connectivity index (χ2v) is 5.06. The Labute approximate surface area is 89.4 Å². The molecular formula is C10H19NO2S. The van der Waals surface area contributed by atoms with Crippen LogP contribution < -0.4 is 5.73 Å².